The SMILES string of the molecule is C=C1/C=C\C=C/CON(C2CCC(N3CC(NC(=O)CNC(=O)c4cccc(C(F)(F)F)c4)C3)CC2)C1=O. The first-order valence-corrected chi connectivity index (χ1v) is 12.6. The van der Waals surface area contributed by atoms with Gasteiger partial charge in [0.25, 0.3) is 11.8 Å². The quantitative estimate of drug-likeness (QED) is 0.550. The van der Waals surface area contributed by atoms with E-state index in [1.165, 1.54) is 11.1 Å². The second kappa shape index (κ2) is 12.0. The van der Waals surface area contributed by atoms with E-state index < -0.39 is 23.6 Å². The van der Waals surface area contributed by atoms with Gasteiger partial charge in [0.05, 0.1) is 30.8 Å². The molecule has 1 saturated heterocycles. The van der Waals surface area contributed by atoms with Crippen molar-refractivity contribution >= 4 is 17.7 Å². The molecule has 204 valence electrons. The Bertz CT molecular complexity index is 1120. The molecule has 0 aromatic heterocycles. The molecular weight excluding hydrogens is 501 g/mol. The number of hydroxylamine groups is 2. The van der Waals surface area contributed by atoms with E-state index in [1.807, 2.05) is 12.2 Å². The zero-order valence-corrected chi connectivity index (χ0v) is 20.9. The molecule has 1 aromatic rings. The molecule has 0 radical (unpaired) electrons. The molecule has 0 spiro atoms. The molecule has 3 aliphatic rings. The zero-order chi connectivity index (χ0) is 27.3. The van der Waals surface area contributed by atoms with Crippen molar-refractivity contribution in [2.24, 2.45) is 0 Å². The number of amides is 3. The number of carbonyl (C=O) groups is 3. The Labute approximate surface area is 219 Å². The van der Waals surface area contributed by atoms with E-state index in [4.69, 9.17) is 4.84 Å². The smallest absolute Gasteiger partial charge is 0.349 e. The number of benzene rings is 1. The second-order valence-electron chi connectivity index (χ2n) is 9.68. The first-order chi connectivity index (χ1) is 18.1. The summed E-state index contributed by atoms with van der Waals surface area (Å²) in [4.78, 5) is 45.1. The van der Waals surface area contributed by atoms with Gasteiger partial charge in [0.15, 0.2) is 0 Å². The number of carbonyl (C=O) groups excluding carboxylic acids is 3. The third kappa shape index (κ3) is 6.90. The molecule has 0 bridgehead atoms. The molecule has 4 rings (SSSR count). The molecule has 2 fully saturated rings. The Morgan fingerprint density at radius 3 is 2.50 bits per heavy atom. The first-order valence-electron chi connectivity index (χ1n) is 12.6. The van der Waals surface area contributed by atoms with Crippen molar-refractivity contribution in [3.05, 3.63) is 71.8 Å². The first kappa shape index (κ1) is 27.6. The highest BCUT2D eigenvalue weighted by atomic mass is 19.4. The van der Waals surface area contributed by atoms with E-state index in [-0.39, 0.29) is 30.1 Å². The fourth-order valence-corrected chi connectivity index (χ4v) is 4.91. The van der Waals surface area contributed by atoms with Crippen LogP contribution in [0.25, 0.3) is 0 Å². The van der Waals surface area contributed by atoms with Crippen LogP contribution in [-0.2, 0) is 20.6 Å². The van der Waals surface area contributed by atoms with Gasteiger partial charge in [-0.05, 0) is 50.0 Å². The summed E-state index contributed by atoms with van der Waals surface area (Å²) in [6.45, 7) is 5.18. The minimum Gasteiger partial charge on any atom is -0.349 e. The Morgan fingerprint density at radius 1 is 1.08 bits per heavy atom. The number of nitrogens with one attached hydrogen (secondary N) is 2. The van der Waals surface area contributed by atoms with E-state index in [0.29, 0.717) is 31.3 Å². The molecule has 1 aliphatic carbocycles. The van der Waals surface area contributed by atoms with Gasteiger partial charge in [-0.25, -0.2) is 5.06 Å². The van der Waals surface area contributed by atoms with Crippen molar-refractivity contribution in [2.75, 3.05) is 26.2 Å². The predicted molar refractivity (Wildman–Crippen MR) is 134 cm³/mol. The highest BCUT2D eigenvalue weighted by molar-refractivity contribution is 5.96. The third-order valence-corrected chi connectivity index (χ3v) is 6.98. The number of allylic oxidation sites excluding steroid dienone is 2. The fraction of sp³-hybridized carbons (Fsp3) is 0.444. The maximum absolute atomic E-state index is 12.8. The Hall–Kier alpha value is -3.44. The van der Waals surface area contributed by atoms with Crippen molar-refractivity contribution in [1.29, 1.82) is 0 Å². The maximum Gasteiger partial charge on any atom is 0.416 e. The topological polar surface area (TPSA) is 91.0 Å². The summed E-state index contributed by atoms with van der Waals surface area (Å²) >= 11 is 0. The van der Waals surface area contributed by atoms with E-state index in [1.54, 1.807) is 12.2 Å². The number of alkyl halides is 3. The monoisotopic (exact) mass is 532 g/mol. The van der Waals surface area contributed by atoms with Gasteiger partial charge in [-0.15, -0.1) is 0 Å². The van der Waals surface area contributed by atoms with Crippen molar-refractivity contribution in [1.82, 2.24) is 20.6 Å². The molecule has 3 amide bonds. The van der Waals surface area contributed by atoms with Crippen LogP contribution in [0.1, 0.15) is 41.6 Å². The van der Waals surface area contributed by atoms with Crippen LogP contribution in [-0.4, -0.2) is 72.1 Å². The van der Waals surface area contributed by atoms with Crippen molar-refractivity contribution in [3.8, 4) is 0 Å². The largest absolute Gasteiger partial charge is 0.416 e. The number of halogens is 3. The van der Waals surface area contributed by atoms with E-state index in [9.17, 15) is 27.6 Å². The maximum atomic E-state index is 12.8. The number of nitrogens with zero attached hydrogens (tertiary/aromatic N) is 2. The van der Waals surface area contributed by atoms with Crippen molar-refractivity contribution in [3.63, 3.8) is 0 Å². The molecule has 11 heteroatoms. The second-order valence-corrected chi connectivity index (χ2v) is 9.68. The molecule has 2 aliphatic heterocycles. The lowest BCUT2D eigenvalue weighted by molar-refractivity contribution is -0.195. The zero-order valence-electron chi connectivity index (χ0n) is 20.9. The van der Waals surface area contributed by atoms with Crippen LogP contribution in [0.15, 0.2) is 60.7 Å². The normalized spacial score (nSPS) is 25.0. The summed E-state index contributed by atoms with van der Waals surface area (Å²) in [7, 11) is 0. The van der Waals surface area contributed by atoms with Crippen LogP contribution in [0.5, 0.6) is 0 Å². The molecule has 0 atom stereocenters. The molecule has 0 unspecified atom stereocenters. The molecule has 38 heavy (non-hydrogen) atoms. The molecule has 2 heterocycles. The molecule has 8 nitrogen and oxygen atoms in total. The fourth-order valence-electron chi connectivity index (χ4n) is 4.91. The number of rotatable bonds is 6. The van der Waals surface area contributed by atoms with Gasteiger partial charge < -0.3 is 10.6 Å². The van der Waals surface area contributed by atoms with Crippen LogP contribution in [0.2, 0.25) is 0 Å². The number of likely N-dealkylation sites (tertiary alicyclic amines) is 1. The summed E-state index contributed by atoms with van der Waals surface area (Å²) in [5.41, 5.74) is -0.700. The van der Waals surface area contributed by atoms with Crippen LogP contribution in [0.4, 0.5) is 13.2 Å². The molecule has 1 saturated carbocycles. The predicted octanol–water partition coefficient (Wildman–Crippen LogP) is 2.99. The molecule has 2 N–H and O–H groups in total. The Kier molecular flexibility index (Phi) is 8.68. The van der Waals surface area contributed by atoms with Gasteiger partial charge in [-0.1, -0.05) is 30.9 Å². The summed E-state index contributed by atoms with van der Waals surface area (Å²) < 4.78 is 38.5. The van der Waals surface area contributed by atoms with Crippen LogP contribution in [0.3, 0.4) is 0 Å². The van der Waals surface area contributed by atoms with Gasteiger partial charge >= 0.3 is 6.18 Å². The van der Waals surface area contributed by atoms with E-state index in [2.05, 4.69) is 22.1 Å². The summed E-state index contributed by atoms with van der Waals surface area (Å²) in [6, 6.07) is 4.33. The lowest BCUT2D eigenvalue weighted by Gasteiger charge is -2.47. The Morgan fingerprint density at radius 2 is 1.79 bits per heavy atom. The van der Waals surface area contributed by atoms with E-state index in [0.717, 1.165) is 43.9 Å². The molecular formula is C27H31F3N4O4. The number of hydrogen-bond acceptors (Lipinski definition) is 5. The third-order valence-electron chi connectivity index (χ3n) is 6.98. The molecule has 1 aromatic carbocycles. The minimum absolute atomic E-state index is 0.0207. The minimum atomic E-state index is -4.55. The average Bonchev–Trinajstić information content (AvgIpc) is 2.95. The van der Waals surface area contributed by atoms with Crippen LogP contribution >= 0.6 is 0 Å². The van der Waals surface area contributed by atoms with Crippen LogP contribution in [0, 0.1) is 0 Å². The summed E-state index contributed by atoms with van der Waals surface area (Å²) in [5.74, 6) is -1.36. The highest BCUT2D eigenvalue weighted by Crippen LogP contribution is 2.31. The number of hydrogen-bond donors (Lipinski definition) is 2. The summed E-state index contributed by atoms with van der Waals surface area (Å²) in [6.07, 6.45) is 5.94. The van der Waals surface area contributed by atoms with Crippen molar-refractivity contribution < 1.29 is 32.4 Å². The van der Waals surface area contributed by atoms with Gasteiger partial charge in [0.1, 0.15) is 0 Å². The van der Waals surface area contributed by atoms with E-state index >= 15 is 0 Å². The van der Waals surface area contributed by atoms with Gasteiger partial charge in [-0.2, -0.15) is 13.2 Å². The standard InChI is InChI=1S/C27H31F3N4O4/c1-18-6-3-2-4-13-38-34(26(18)37)23-11-9-22(10-12-23)33-16-21(17-33)32-24(35)15-31-25(36)19-7-5-8-20(14-19)27(28,29)30/h2-8,14,21-23H,1,9-13,15-17H2,(H,31,36)(H,32,35)/b4-2-,6-3-. The van der Waals surface area contributed by atoms with Crippen molar-refractivity contribution in [2.45, 2.75) is 50.0 Å². The van der Waals surface area contributed by atoms with Gasteiger partial charge in [0, 0.05) is 30.3 Å². The van der Waals surface area contributed by atoms with Crippen LogP contribution < -0.4 is 10.6 Å². The average molecular weight is 533 g/mol. The lowest BCUT2D eigenvalue weighted by Crippen LogP contribution is -2.63. The highest BCUT2D eigenvalue weighted by Gasteiger charge is 2.37. The van der Waals surface area contributed by atoms with Gasteiger partial charge in [0.2, 0.25) is 5.91 Å². The lowest BCUT2D eigenvalue weighted by atomic mass is 9.87. The summed E-state index contributed by atoms with van der Waals surface area (Å²) in [5, 5.41) is 6.68. The Balaban J connectivity index is 1.17. The van der Waals surface area contributed by atoms with Gasteiger partial charge in [-0.3, -0.25) is 24.1 Å².